The van der Waals surface area contributed by atoms with Gasteiger partial charge in [-0.05, 0) is 53.3 Å². The standard InChI is InChI=1S/C12H11IN2O2/c1-7-5-8(3-4-10(7)17-2)11-14-6-9(13)12(16)15-11/h3-6H,1-2H3,(H,14,15,16). The summed E-state index contributed by atoms with van der Waals surface area (Å²) in [6.07, 6.45) is 1.56. The summed E-state index contributed by atoms with van der Waals surface area (Å²) < 4.78 is 5.77. The van der Waals surface area contributed by atoms with Crippen LogP contribution >= 0.6 is 22.6 Å². The number of aromatic amines is 1. The topological polar surface area (TPSA) is 55.0 Å². The molecule has 1 aromatic heterocycles. The molecule has 0 unspecified atom stereocenters. The van der Waals surface area contributed by atoms with E-state index in [1.807, 2.05) is 47.7 Å². The lowest BCUT2D eigenvalue weighted by molar-refractivity contribution is 0.412. The van der Waals surface area contributed by atoms with Crippen LogP contribution in [0.25, 0.3) is 11.4 Å². The summed E-state index contributed by atoms with van der Waals surface area (Å²) in [7, 11) is 1.63. The molecule has 88 valence electrons. The molecule has 0 bridgehead atoms. The van der Waals surface area contributed by atoms with Crippen LogP contribution in [0.4, 0.5) is 0 Å². The van der Waals surface area contributed by atoms with Crippen molar-refractivity contribution in [3.63, 3.8) is 0 Å². The Hall–Kier alpha value is -1.37. The molecule has 0 amide bonds. The highest BCUT2D eigenvalue weighted by molar-refractivity contribution is 14.1. The van der Waals surface area contributed by atoms with Crippen LogP contribution < -0.4 is 10.3 Å². The number of hydrogen-bond donors (Lipinski definition) is 1. The molecule has 1 N–H and O–H groups in total. The summed E-state index contributed by atoms with van der Waals surface area (Å²) in [5.41, 5.74) is 1.76. The average Bonchev–Trinajstić information content (AvgIpc) is 2.32. The van der Waals surface area contributed by atoms with Crippen molar-refractivity contribution in [3.05, 3.63) is 43.9 Å². The van der Waals surface area contributed by atoms with Gasteiger partial charge >= 0.3 is 0 Å². The van der Waals surface area contributed by atoms with Gasteiger partial charge in [-0.3, -0.25) is 4.79 Å². The fourth-order valence-electron chi connectivity index (χ4n) is 1.55. The monoisotopic (exact) mass is 342 g/mol. The summed E-state index contributed by atoms with van der Waals surface area (Å²) >= 11 is 1.95. The Kier molecular flexibility index (Phi) is 3.46. The van der Waals surface area contributed by atoms with Crippen LogP contribution in [0.2, 0.25) is 0 Å². The first-order chi connectivity index (χ1) is 8.11. The van der Waals surface area contributed by atoms with E-state index in [0.717, 1.165) is 16.9 Å². The maximum absolute atomic E-state index is 11.5. The van der Waals surface area contributed by atoms with Crippen molar-refractivity contribution in [2.24, 2.45) is 0 Å². The minimum atomic E-state index is -0.121. The minimum absolute atomic E-state index is 0.121. The van der Waals surface area contributed by atoms with Gasteiger partial charge in [0.15, 0.2) is 0 Å². The smallest absolute Gasteiger partial charge is 0.264 e. The molecule has 0 radical (unpaired) electrons. The van der Waals surface area contributed by atoms with Crippen LogP contribution in [0.3, 0.4) is 0 Å². The van der Waals surface area contributed by atoms with Gasteiger partial charge in [-0.2, -0.15) is 0 Å². The summed E-state index contributed by atoms with van der Waals surface area (Å²) in [5, 5.41) is 0. The van der Waals surface area contributed by atoms with Gasteiger partial charge in [0.1, 0.15) is 11.6 Å². The van der Waals surface area contributed by atoms with E-state index in [4.69, 9.17) is 4.74 Å². The Morgan fingerprint density at radius 3 is 2.76 bits per heavy atom. The molecule has 0 saturated carbocycles. The van der Waals surface area contributed by atoms with Gasteiger partial charge in [-0.25, -0.2) is 4.98 Å². The highest BCUT2D eigenvalue weighted by atomic mass is 127. The largest absolute Gasteiger partial charge is 0.496 e. The second kappa shape index (κ2) is 4.87. The lowest BCUT2D eigenvalue weighted by Crippen LogP contribution is -2.11. The number of methoxy groups -OCH3 is 1. The Labute approximate surface area is 112 Å². The molecule has 0 fully saturated rings. The third-order valence-electron chi connectivity index (χ3n) is 2.42. The molecule has 17 heavy (non-hydrogen) atoms. The minimum Gasteiger partial charge on any atom is -0.496 e. The van der Waals surface area contributed by atoms with Crippen molar-refractivity contribution in [1.29, 1.82) is 0 Å². The number of H-pyrrole nitrogens is 1. The third kappa shape index (κ3) is 2.49. The van der Waals surface area contributed by atoms with Crippen molar-refractivity contribution in [1.82, 2.24) is 9.97 Å². The number of benzene rings is 1. The Morgan fingerprint density at radius 2 is 2.18 bits per heavy atom. The van der Waals surface area contributed by atoms with Crippen LogP contribution in [-0.4, -0.2) is 17.1 Å². The molecule has 0 saturated heterocycles. The van der Waals surface area contributed by atoms with Crippen molar-refractivity contribution >= 4 is 22.6 Å². The van der Waals surface area contributed by atoms with E-state index < -0.39 is 0 Å². The predicted molar refractivity (Wildman–Crippen MR) is 74.3 cm³/mol. The first-order valence-corrected chi connectivity index (χ1v) is 6.09. The Bertz CT molecular complexity index is 608. The fourth-order valence-corrected chi connectivity index (χ4v) is 1.83. The van der Waals surface area contributed by atoms with Gasteiger partial charge < -0.3 is 9.72 Å². The van der Waals surface area contributed by atoms with Crippen molar-refractivity contribution in [2.75, 3.05) is 7.11 Å². The maximum atomic E-state index is 11.5. The predicted octanol–water partition coefficient (Wildman–Crippen LogP) is 2.36. The van der Waals surface area contributed by atoms with Gasteiger partial charge in [0.05, 0.1) is 10.7 Å². The normalized spacial score (nSPS) is 10.3. The first kappa shape index (κ1) is 12.1. The van der Waals surface area contributed by atoms with Crippen LogP contribution in [0, 0.1) is 10.5 Å². The highest BCUT2D eigenvalue weighted by Crippen LogP contribution is 2.23. The molecule has 5 heteroatoms. The molecule has 2 aromatic rings. The SMILES string of the molecule is COc1ccc(-c2ncc(I)c(=O)[nH]2)cc1C. The van der Waals surface area contributed by atoms with E-state index in [9.17, 15) is 4.79 Å². The summed E-state index contributed by atoms with van der Waals surface area (Å²) in [6, 6.07) is 5.67. The van der Waals surface area contributed by atoms with Gasteiger partial charge in [0.2, 0.25) is 0 Å². The summed E-state index contributed by atoms with van der Waals surface area (Å²) in [6.45, 7) is 1.95. The molecule has 0 aliphatic heterocycles. The Morgan fingerprint density at radius 1 is 1.41 bits per heavy atom. The third-order valence-corrected chi connectivity index (χ3v) is 3.19. The molecule has 1 aromatic carbocycles. The van der Waals surface area contributed by atoms with Gasteiger partial charge in [-0.15, -0.1) is 0 Å². The number of aryl methyl sites for hydroxylation is 1. The molecule has 0 aliphatic rings. The van der Waals surface area contributed by atoms with Gasteiger partial charge in [-0.1, -0.05) is 0 Å². The molecular weight excluding hydrogens is 331 g/mol. The number of nitrogens with zero attached hydrogens (tertiary/aromatic N) is 1. The summed E-state index contributed by atoms with van der Waals surface area (Å²) in [5.74, 6) is 1.39. The highest BCUT2D eigenvalue weighted by Gasteiger charge is 2.05. The molecule has 2 rings (SSSR count). The number of hydrogen-bond acceptors (Lipinski definition) is 3. The molecule has 4 nitrogen and oxygen atoms in total. The quantitative estimate of drug-likeness (QED) is 0.853. The molecule has 0 aliphatic carbocycles. The molecule has 0 spiro atoms. The van der Waals surface area contributed by atoms with Crippen molar-refractivity contribution < 1.29 is 4.74 Å². The lowest BCUT2D eigenvalue weighted by Gasteiger charge is -2.06. The fraction of sp³-hybridized carbons (Fsp3) is 0.167. The lowest BCUT2D eigenvalue weighted by atomic mass is 10.1. The number of ether oxygens (including phenoxy) is 1. The molecule has 1 heterocycles. The van der Waals surface area contributed by atoms with E-state index in [1.54, 1.807) is 13.3 Å². The first-order valence-electron chi connectivity index (χ1n) is 5.01. The number of rotatable bonds is 2. The van der Waals surface area contributed by atoms with E-state index in [1.165, 1.54) is 0 Å². The summed E-state index contributed by atoms with van der Waals surface area (Å²) in [4.78, 5) is 18.4. The van der Waals surface area contributed by atoms with Crippen LogP contribution in [0.5, 0.6) is 5.75 Å². The van der Waals surface area contributed by atoms with Crippen molar-refractivity contribution in [3.8, 4) is 17.1 Å². The van der Waals surface area contributed by atoms with Gasteiger partial charge in [0.25, 0.3) is 5.56 Å². The second-order valence-corrected chi connectivity index (χ2v) is 4.76. The van der Waals surface area contributed by atoms with Gasteiger partial charge in [0, 0.05) is 11.8 Å². The van der Waals surface area contributed by atoms with Crippen LogP contribution in [0.1, 0.15) is 5.56 Å². The van der Waals surface area contributed by atoms with Crippen LogP contribution in [0.15, 0.2) is 29.2 Å². The zero-order valence-electron chi connectivity index (χ0n) is 9.45. The maximum Gasteiger partial charge on any atom is 0.264 e. The number of nitrogens with one attached hydrogen (secondary N) is 1. The zero-order chi connectivity index (χ0) is 12.4. The van der Waals surface area contributed by atoms with E-state index >= 15 is 0 Å². The number of halogens is 1. The van der Waals surface area contributed by atoms with E-state index in [0.29, 0.717) is 9.39 Å². The molecular formula is C12H11IN2O2. The molecule has 0 atom stereocenters. The van der Waals surface area contributed by atoms with E-state index in [-0.39, 0.29) is 5.56 Å². The zero-order valence-corrected chi connectivity index (χ0v) is 11.6. The number of aromatic nitrogens is 2. The van der Waals surface area contributed by atoms with E-state index in [2.05, 4.69) is 9.97 Å². The Balaban J connectivity index is 2.50. The average molecular weight is 342 g/mol. The second-order valence-electron chi connectivity index (χ2n) is 3.59. The van der Waals surface area contributed by atoms with Crippen LogP contribution in [-0.2, 0) is 0 Å². The van der Waals surface area contributed by atoms with Crippen molar-refractivity contribution in [2.45, 2.75) is 6.92 Å².